The summed E-state index contributed by atoms with van der Waals surface area (Å²) in [6, 6.07) is 12.3. The molecule has 2 N–H and O–H groups in total. The molecule has 35 heavy (non-hydrogen) atoms. The molecule has 0 bridgehead atoms. The molecule has 0 spiro atoms. The number of benzene rings is 2. The summed E-state index contributed by atoms with van der Waals surface area (Å²) >= 11 is 0. The third-order valence-electron chi connectivity index (χ3n) is 7.76. The number of hydrogen-bond donors (Lipinski definition) is 2. The molecular formula is C29H31N3O3. The maximum atomic E-state index is 13.0. The predicted molar refractivity (Wildman–Crippen MR) is 135 cm³/mol. The fourth-order valence-electron chi connectivity index (χ4n) is 5.84. The molecule has 6 rings (SSSR count). The molecule has 1 saturated carbocycles. The van der Waals surface area contributed by atoms with Crippen molar-refractivity contribution < 1.29 is 14.3 Å². The van der Waals surface area contributed by atoms with E-state index in [0.29, 0.717) is 31.0 Å². The second kappa shape index (κ2) is 9.00. The van der Waals surface area contributed by atoms with Crippen LogP contribution in [-0.4, -0.2) is 34.9 Å². The van der Waals surface area contributed by atoms with Crippen molar-refractivity contribution in [3.63, 3.8) is 0 Å². The third-order valence-corrected chi connectivity index (χ3v) is 7.76. The predicted octanol–water partition coefficient (Wildman–Crippen LogP) is 4.09. The molecule has 2 aromatic rings. The second-order valence-corrected chi connectivity index (χ2v) is 10.1. The normalized spacial score (nSPS) is 25.1. The van der Waals surface area contributed by atoms with E-state index in [-0.39, 0.29) is 17.9 Å². The van der Waals surface area contributed by atoms with Gasteiger partial charge in [-0.2, -0.15) is 0 Å². The fourth-order valence-corrected chi connectivity index (χ4v) is 5.84. The number of rotatable bonds is 6. The molecule has 2 aliphatic heterocycles. The van der Waals surface area contributed by atoms with Crippen LogP contribution in [0.1, 0.15) is 64.7 Å². The molecule has 3 atom stereocenters. The summed E-state index contributed by atoms with van der Waals surface area (Å²) in [4.78, 5) is 27.1. The zero-order chi connectivity index (χ0) is 23.9. The number of ether oxygens (including phenoxy) is 1. The Labute approximate surface area is 206 Å². The van der Waals surface area contributed by atoms with Gasteiger partial charge < -0.3 is 20.3 Å². The molecule has 6 heteroatoms. The molecule has 4 aliphatic rings. The van der Waals surface area contributed by atoms with Gasteiger partial charge in [-0.3, -0.25) is 9.59 Å². The van der Waals surface area contributed by atoms with Gasteiger partial charge in [0.15, 0.2) is 0 Å². The lowest BCUT2D eigenvalue weighted by Crippen LogP contribution is -2.49. The minimum absolute atomic E-state index is 0.0798. The average molecular weight is 470 g/mol. The van der Waals surface area contributed by atoms with E-state index in [9.17, 15) is 9.59 Å². The lowest BCUT2D eigenvalue weighted by molar-refractivity contribution is -0.126. The van der Waals surface area contributed by atoms with Crippen molar-refractivity contribution >= 4 is 17.9 Å². The van der Waals surface area contributed by atoms with Crippen LogP contribution >= 0.6 is 0 Å². The van der Waals surface area contributed by atoms with Gasteiger partial charge in [-0.05, 0) is 79.0 Å². The highest BCUT2D eigenvalue weighted by Crippen LogP contribution is 2.32. The molecule has 2 heterocycles. The zero-order valence-electron chi connectivity index (χ0n) is 19.9. The Morgan fingerprint density at radius 1 is 1.09 bits per heavy atom. The van der Waals surface area contributed by atoms with E-state index in [0.717, 1.165) is 49.2 Å². The van der Waals surface area contributed by atoms with Crippen molar-refractivity contribution in [1.29, 1.82) is 0 Å². The molecule has 0 aromatic heterocycles. The van der Waals surface area contributed by atoms with Gasteiger partial charge in [0, 0.05) is 30.4 Å². The Morgan fingerprint density at radius 2 is 2.00 bits per heavy atom. The molecule has 0 radical (unpaired) electrons. The monoisotopic (exact) mass is 469 g/mol. The minimum atomic E-state index is -0.442. The number of carbonyl (C=O) groups is 2. The summed E-state index contributed by atoms with van der Waals surface area (Å²) in [5, 5.41) is 6.51. The number of carbonyl (C=O) groups excluding carboxylic acids is 2. The summed E-state index contributed by atoms with van der Waals surface area (Å²) in [6.45, 7) is 5.10. The van der Waals surface area contributed by atoms with Gasteiger partial charge in [0.05, 0.1) is 0 Å². The molecule has 2 aliphatic carbocycles. The van der Waals surface area contributed by atoms with E-state index < -0.39 is 6.04 Å². The van der Waals surface area contributed by atoms with E-state index in [1.165, 1.54) is 16.7 Å². The number of amides is 2. The van der Waals surface area contributed by atoms with Crippen molar-refractivity contribution in [1.82, 2.24) is 15.5 Å². The summed E-state index contributed by atoms with van der Waals surface area (Å²) in [6.07, 6.45) is 10.1. The Hall–Kier alpha value is -3.38. The Morgan fingerprint density at radius 3 is 2.89 bits per heavy atom. The first kappa shape index (κ1) is 22.1. The van der Waals surface area contributed by atoms with Crippen LogP contribution in [0.4, 0.5) is 0 Å². The second-order valence-electron chi connectivity index (χ2n) is 10.1. The van der Waals surface area contributed by atoms with E-state index in [2.05, 4.69) is 47.6 Å². The number of allylic oxidation sites excluding steroid dienone is 2. The van der Waals surface area contributed by atoms with Gasteiger partial charge >= 0.3 is 0 Å². The van der Waals surface area contributed by atoms with Gasteiger partial charge in [-0.1, -0.05) is 36.9 Å². The van der Waals surface area contributed by atoms with E-state index >= 15 is 0 Å². The molecule has 1 saturated heterocycles. The first-order valence-electron chi connectivity index (χ1n) is 12.7. The van der Waals surface area contributed by atoms with Crippen LogP contribution in [0.5, 0.6) is 5.75 Å². The summed E-state index contributed by atoms with van der Waals surface area (Å²) in [7, 11) is 0. The van der Waals surface area contributed by atoms with Crippen LogP contribution in [0, 0.1) is 0 Å². The minimum Gasteiger partial charge on any atom is -0.489 e. The lowest BCUT2D eigenvalue weighted by atomic mass is 10.0. The van der Waals surface area contributed by atoms with E-state index in [4.69, 9.17) is 4.74 Å². The molecule has 2 amide bonds. The summed E-state index contributed by atoms with van der Waals surface area (Å²) in [5.41, 5.74) is 6.35. The van der Waals surface area contributed by atoms with Crippen LogP contribution in [0.3, 0.4) is 0 Å². The summed E-state index contributed by atoms with van der Waals surface area (Å²) < 4.78 is 6.43. The lowest BCUT2D eigenvalue weighted by Gasteiger charge is -2.30. The standard InChI is InChI=1S/C29H31N3O3/c1-18-8-13-26(28(33)31-18)32-17-22-15-23(11-12-24(22)29(32)34)35-27-7-3-6-25(27)30-16-19-9-10-20-4-2-5-21(20)14-19/h2,5,9-12,14-15,25-27,30H,1,3-4,6-8,13,16-17H2,(H,31,33)/t25-,26?,27-/m1/s1. The van der Waals surface area contributed by atoms with Crippen LogP contribution < -0.4 is 15.4 Å². The topological polar surface area (TPSA) is 70.7 Å². The Balaban J connectivity index is 1.10. The number of piperidine rings is 1. The molecule has 2 fully saturated rings. The van der Waals surface area contributed by atoms with Crippen molar-refractivity contribution in [2.75, 3.05) is 0 Å². The van der Waals surface area contributed by atoms with Gasteiger partial charge in [0.1, 0.15) is 17.9 Å². The highest BCUT2D eigenvalue weighted by Gasteiger charge is 2.38. The molecule has 180 valence electrons. The molecule has 6 nitrogen and oxygen atoms in total. The maximum absolute atomic E-state index is 13.0. The maximum Gasteiger partial charge on any atom is 0.255 e. The largest absolute Gasteiger partial charge is 0.489 e. The van der Waals surface area contributed by atoms with Crippen molar-refractivity contribution in [3.8, 4) is 5.75 Å². The van der Waals surface area contributed by atoms with Crippen LogP contribution in [0.2, 0.25) is 0 Å². The zero-order valence-corrected chi connectivity index (χ0v) is 19.9. The SMILES string of the molecule is C=C1CCC(N2Cc3cc(O[C@@H]4CCC[C@H]4NCc4ccc5c(c4)C=CC5)ccc3C2=O)C(=O)N1. The number of fused-ring (bicyclic) bond motifs is 2. The van der Waals surface area contributed by atoms with Gasteiger partial charge in [0.25, 0.3) is 5.91 Å². The van der Waals surface area contributed by atoms with Gasteiger partial charge in [-0.25, -0.2) is 0 Å². The Bertz CT molecular complexity index is 1230. The average Bonchev–Trinajstić information content (AvgIpc) is 3.57. The smallest absolute Gasteiger partial charge is 0.255 e. The first-order valence-corrected chi connectivity index (χ1v) is 12.7. The van der Waals surface area contributed by atoms with Crippen molar-refractivity contribution in [2.45, 2.75) is 69.8 Å². The van der Waals surface area contributed by atoms with Crippen LogP contribution in [0.15, 0.2) is 54.8 Å². The van der Waals surface area contributed by atoms with Crippen molar-refractivity contribution in [3.05, 3.63) is 82.6 Å². The third kappa shape index (κ3) is 4.27. The Kier molecular flexibility index (Phi) is 5.69. The molecule has 1 unspecified atom stereocenters. The highest BCUT2D eigenvalue weighted by molar-refractivity contribution is 6.01. The van der Waals surface area contributed by atoms with E-state index in [1.54, 1.807) is 4.90 Å². The summed E-state index contributed by atoms with van der Waals surface area (Å²) in [5.74, 6) is 0.572. The van der Waals surface area contributed by atoms with Gasteiger partial charge in [0.2, 0.25) is 5.91 Å². The van der Waals surface area contributed by atoms with Crippen LogP contribution in [-0.2, 0) is 24.3 Å². The molecule has 2 aromatic carbocycles. The molecular weight excluding hydrogens is 438 g/mol. The van der Waals surface area contributed by atoms with E-state index in [1.807, 2.05) is 18.2 Å². The van der Waals surface area contributed by atoms with Crippen molar-refractivity contribution in [2.24, 2.45) is 0 Å². The first-order chi connectivity index (χ1) is 17.0. The highest BCUT2D eigenvalue weighted by atomic mass is 16.5. The van der Waals surface area contributed by atoms with Gasteiger partial charge in [-0.15, -0.1) is 0 Å². The quantitative estimate of drug-likeness (QED) is 0.669. The number of nitrogens with zero attached hydrogens (tertiary/aromatic N) is 1. The van der Waals surface area contributed by atoms with Crippen LogP contribution in [0.25, 0.3) is 6.08 Å². The number of hydrogen-bond acceptors (Lipinski definition) is 4. The fraction of sp³-hybridized carbons (Fsp3) is 0.379. The number of nitrogens with one attached hydrogen (secondary N) is 2.